The number of carbonyl (C=O) groups is 2. The van der Waals surface area contributed by atoms with Crippen molar-refractivity contribution in [3.8, 4) is 0 Å². The third-order valence-corrected chi connectivity index (χ3v) is 10.6. The third-order valence-electron chi connectivity index (χ3n) is 5.77. The van der Waals surface area contributed by atoms with Gasteiger partial charge in [0.25, 0.3) is 0 Å². The summed E-state index contributed by atoms with van der Waals surface area (Å²) in [5.74, 6) is -1.15. The highest BCUT2D eigenvalue weighted by Gasteiger charge is 2.49. The Labute approximate surface area is 179 Å². The predicted octanol–water partition coefficient (Wildman–Crippen LogP) is 5.16. The molecule has 0 aliphatic carbocycles. The van der Waals surface area contributed by atoms with Gasteiger partial charge in [-0.3, -0.25) is 9.59 Å². The molecule has 0 unspecified atom stereocenters. The zero-order chi connectivity index (χ0) is 21.9. The SMILES string of the molecule is C=C(Br)C[C@H]1O[C@H]1[C@H](CC(=C)[C@@H](C)C(=O)CC(=O)OC)O[Si](C)(C)C(C)(C)C. The van der Waals surface area contributed by atoms with Crippen LogP contribution >= 0.6 is 15.9 Å². The first kappa shape index (κ1) is 25.3. The average molecular weight is 475 g/mol. The van der Waals surface area contributed by atoms with Gasteiger partial charge in [-0.25, -0.2) is 0 Å². The number of ketones is 1. The highest BCUT2D eigenvalue weighted by atomic mass is 79.9. The Kier molecular flexibility index (Phi) is 8.87. The van der Waals surface area contributed by atoms with Gasteiger partial charge in [-0.05, 0) is 29.0 Å². The first-order valence-corrected chi connectivity index (χ1v) is 13.3. The fourth-order valence-corrected chi connectivity index (χ4v) is 4.32. The molecule has 160 valence electrons. The molecule has 1 aliphatic heterocycles. The van der Waals surface area contributed by atoms with Gasteiger partial charge in [-0.15, -0.1) is 0 Å². The molecule has 7 heteroatoms. The van der Waals surface area contributed by atoms with Gasteiger partial charge in [0.1, 0.15) is 12.5 Å². The van der Waals surface area contributed by atoms with Crippen molar-refractivity contribution in [2.24, 2.45) is 5.92 Å². The molecule has 0 aromatic heterocycles. The lowest BCUT2D eigenvalue weighted by Crippen LogP contribution is -2.46. The summed E-state index contributed by atoms with van der Waals surface area (Å²) in [6, 6.07) is 0. The van der Waals surface area contributed by atoms with Crippen LogP contribution in [-0.4, -0.2) is 45.5 Å². The monoisotopic (exact) mass is 474 g/mol. The number of esters is 1. The van der Waals surface area contributed by atoms with E-state index in [4.69, 9.17) is 9.16 Å². The molecule has 0 bridgehead atoms. The zero-order valence-electron chi connectivity index (χ0n) is 18.3. The number of rotatable bonds is 11. The van der Waals surface area contributed by atoms with Crippen molar-refractivity contribution in [2.75, 3.05) is 7.11 Å². The Hall–Kier alpha value is -0.763. The highest BCUT2D eigenvalue weighted by molar-refractivity contribution is 9.11. The number of methoxy groups -OCH3 is 1. The molecular formula is C21H35BrO5Si. The number of Topliss-reactive ketones (excluding diaryl/α,β-unsaturated/α-hetero) is 1. The van der Waals surface area contributed by atoms with Crippen LogP contribution in [0.2, 0.25) is 18.1 Å². The molecule has 1 aliphatic rings. The summed E-state index contributed by atoms with van der Waals surface area (Å²) in [5, 5.41) is 0.0578. The number of epoxide rings is 1. The van der Waals surface area contributed by atoms with Crippen molar-refractivity contribution in [3.63, 3.8) is 0 Å². The molecular weight excluding hydrogens is 440 g/mol. The third kappa shape index (κ3) is 7.24. The van der Waals surface area contributed by atoms with Gasteiger partial charge >= 0.3 is 5.97 Å². The summed E-state index contributed by atoms with van der Waals surface area (Å²) in [6.07, 6.45) is 0.871. The van der Waals surface area contributed by atoms with Crippen molar-refractivity contribution in [2.45, 2.75) is 83.4 Å². The van der Waals surface area contributed by atoms with E-state index in [1.54, 1.807) is 6.92 Å². The first-order chi connectivity index (χ1) is 12.7. The van der Waals surface area contributed by atoms with Gasteiger partial charge < -0.3 is 13.9 Å². The zero-order valence-corrected chi connectivity index (χ0v) is 20.9. The van der Waals surface area contributed by atoms with Gasteiger partial charge in [-0.1, -0.05) is 62.4 Å². The largest absolute Gasteiger partial charge is 0.469 e. The number of ether oxygens (including phenoxy) is 2. The standard InChI is InChI=1S/C21H35BrO5Si/c1-13(15(3)16(23)12-19(24)25-7)10-18(20-17(26-20)11-14(2)22)27-28(8,9)21(4,5)6/h15,17-18,20H,1-2,10-12H2,3-9H3/t15-,17-,18+,20-/m1/s1. The van der Waals surface area contributed by atoms with Crippen molar-refractivity contribution < 1.29 is 23.5 Å². The second-order valence-corrected chi connectivity index (χ2v) is 15.0. The molecule has 28 heavy (non-hydrogen) atoms. The van der Waals surface area contributed by atoms with Gasteiger partial charge in [0.2, 0.25) is 0 Å². The predicted molar refractivity (Wildman–Crippen MR) is 118 cm³/mol. The molecule has 0 aromatic carbocycles. The summed E-state index contributed by atoms with van der Waals surface area (Å²) in [7, 11) is -0.757. The maximum absolute atomic E-state index is 12.3. The van der Waals surface area contributed by atoms with Crippen LogP contribution in [0.4, 0.5) is 0 Å². The molecule has 5 nitrogen and oxygen atoms in total. The normalized spacial score (nSPS) is 21.6. The number of carbonyl (C=O) groups excluding carboxylic acids is 2. The highest BCUT2D eigenvalue weighted by Crippen LogP contribution is 2.42. The Morgan fingerprint density at radius 1 is 1.25 bits per heavy atom. The van der Waals surface area contributed by atoms with E-state index in [0.717, 1.165) is 16.5 Å². The maximum Gasteiger partial charge on any atom is 0.313 e. The van der Waals surface area contributed by atoms with Gasteiger partial charge in [0.15, 0.2) is 14.1 Å². The summed E-state index contributed by atoms with van der Waals surface area (Å²) in [5.41, 5.74) is 0.754. The average Bonchev–Trinajstić information content (AvgIpc) is 3.30. The summed E-state index contributed by atoms with van der Waals surface area (Å²) < 4.78 is 18.0. The lowest BCUT2D eigenvalue weighted by atomic mass is 9.91. The van der Waals surface area contributed by atoms with E-state index in [2.05, 4.69) is 67.7 Å². The quantitative estimate of drug-likeness (QED) is 0.136. The second kappa shape index (κ2) is 9.83. The van der Waals surface area contributed by atoms with Crippen LogP contribution in [0.25, 0.3) is 0 Å². The van der Waals surface area contributed by atoms with E-state index in [1.807, 2.05) is 0 Å². The van der Waals surface area contributed by atoms with E-state index in [-0.39, 0.29) is 35.6 Å². The van der Waals surface area contributed by atoms with Crippen molar-refractivity contribution >= 4 is 36.0 Å². The van der Waals surface area contributed by atoms with Gasteiger partial charge in [-0.2, -0.15) is 0 Å². The van der Waals surface area contributed by atoms with Crippen molar-refractivity contribution in [1.29, 1.82) is 0 Å². The number of hydrogen-bond donors (Lipinski definition) is 0. The van der Waals surface area contributed by atoms with Crippen molar-refractivity contribution in [3.05, 3.63) is 23.2 Å². The van der Waals surface area contributed by atoms with Crippen molar-refractivity contribution in [1.82, 2.24) is 0 Å². The molecule has 0 aromatic rings. The fraction of sp³-hybridized carbons (Fsp3) is 0.714. The molecule has 1 heterocycles. The van der Waals surface area contributed by atoms with Crippen LogP contribution in [0, 0.1) is 5.92 Å². The topological polar surface area (TPSA) is 65.1 Å². The smallest absolute Gasteiger partial charge is 0.313 e. The summed E-state index contributed by atoms with van der Waals surface area (Å²) in [6.45, 7) is 20.8. The first-order valence-electron chi connectivity index (χ1n) is 9.63. The van der Waals surface area contributed by atoms with Crippen LogP contribution < -0.4 is 0 Å². The van der Waals surface area contributed by atoms with E-state index in [9.17, 15) is 9.59 Å². The Morgan fingerprint density at radius 3 is 2.29 bits per heavy atom. The van der Waals surface area contributed by atoms with Gasteiger partial charge in [0, 0.05) is 12.3 Å². The molecule has 1 rings (SSSR count). The van der Waals surface area contributed by atoms with Crippen LogP contribution in [0.15, 0.2) is 23.2 Å². The second-order valence-electron chi connectivity index (χ2n) is 9.08. The number of hydrogen-bond acceptors (Lipinski definition) is 5. The molecule has 0 spiro atoms. The molecule has 0 saturated carbocycles. The molecule has 0 amide bonds. The minimum absolute atomic E-state index is 0.0388. The maximum atomic E-state index is 12.3. The van der Waals surface area contributed by atoms with Crippen LogP contribution in [0.3, 0.4) is 0 Å². The fourth-order valence-electron chi connectivity index (χ4n) is 2.68. The van der Waals surface area contributed by atoms with E-state index in [0.29, 0.717) is 6.42 Å². The molecule has 0 radical (unpaired) electrons. The Balaban J connectivity index is 2.88. The molecule has 4 atom stereocenters. The summed E-state index contributed by atoms with van der Waals surface area (Å²) in [4.78, 5) is 23.7. The van der Waals surface area contributed by atoms with Crippen LogP contribution in [0.5, 0.6) is 0 Å². The summed E-state index contributed by atoms with van der Waals surface area (Å²) >= 11 is 3.39. The molecule has 0 N–H and O–H groups in total. The Morgan fingerprint density at radius 2 is 1.82 bits per heavy atom. The van der Waals surface area contributed by atoms with Gasteiger partial charge in [0.05, 0.1) is 19.3 Å². The van der Waals surface area contributed by atoms with Crippen LogP contribution in [0.1, 0.15) is 47.0 Å². The lowest BCUT2D eigenvalue weighted by molar-refractivity contribution is -0.143. The lowest BCUT2D eigenvalue weighted by Gasteiger charge is -2.39. The van der Waals surface area contributed by atoms with E-state index in [1.165, 1.54) is 7.11 Å². The van der Waals surface area contributed by atoms with E-state index < -0.39 is 20.2 Å². The Bertz CT molecular complexity index is 623. The molecule has 1 saturated heterocycles. The minimum atomic E-state index is -2.04. The van der Waals surface area contributed by atoms with Crippen LogP contribution in [-0.2, 0) is 23.5 Å². The minimum Gasteiger partial charge on any atom is -0.469 e. The number of halogens is 1. The van der Waals surface area contributed by atoms with E-state index >= 15 is 0 Å². The molecule has 1 fully saturated rings.